The van der Waals surface area contributed by atoms with Gasteiger partial charge in [0.05, 0.1) is 5.69 Å². The van der Waals surface area contributed by atoms with Gasteiger partial charge in [0, 0.05) is 6.21 Å². The van der Waals surface area contributed by atoms with Crippen molar-refractivity contribution in [3.05, 3.63) is 29.3 Å². The van der Waals surface area contributed by atoms with Gasteiger partial charge in [0.2, 0.25) is 0 Å². The van der Waals surface area contributed by atoms with Crippen molar-refractivity contribution in [2.75, 3.05) is 0 Å². The minimum Gasteiger partial charge on any atom is -0.260 e. The lowest BCUT2D eigenvalue weighted by Crippen LogP contribution is -1.96. The minimum absolute atomic E-state index is 0.496. The molecule has 0 atom stereocenters. The maximum absolute atomic E-state index is 4.72. The van der Waals surface area contributed by atoms with E-state index in [1.807, 2.05) is 6.21 Å². The Balaban J connectivity index is 3.28. The second kappa shape index (κ2) is 6.00. The smallest absolute Gasteiger partial charge is 0.0694 e. The van der Waals surface area contributed by atoms with Crippen molar-refractivity contribution in [3.8, 4) is 0 Å². The minimum atomic E-state index is 0.496. The van der Waals surface area contributed by atoms with E-state index in [0.717, 1.165) is 0 Å². The van der Waals surface area contributed by atoms with E-state index < -0.39 is 0 Å². The van der Waals surface area contributed by atoms with Crippen molar-refractivity contribution in [1.82, 2.24) is 0 Å². The molecule has 0 aliphatic rings. The highest BCUT2D eigenvalue weighted by Gasteiger charge is 2.12. The van der Waals surface area contributed by atoms with Gasteiger partial charge in [-0.25, -0.2) is 0 Å². The highest BCUT2D eigenvalue weighted by atomic mass is 14.7. The van der Waals surface area contributed by atoms with Crippen molar-refractivity contribution in [2.24, 2.45) is 10.9 Å². The van der Waals surface area contributed by atoms with Crippen LogP contribution in [0.25, 0.3) is 0 Å². The molecule has 94 valence electrons. The van der Waals surface area contributed by atoms with Crippen LogP contribution in [-0.2, 0) is 0 Å². The van der Waals surface area contributed by atoms with Gasteiger partial charge in [0.1, 0.15) is 0 Å². The fraction of sp³-hybridized carbons (Fsp3) is 0.562. The highest BCUT2D eigenvalue weighted by Crippen LogP contribution is 2.34. The fourth-order valence-electron chi connectivity index (χ4n) is 1.88. The largest absolute Gasteiger partial charge is 0.260 e. The quantitative estimate of drug-likeness (QED) is 0.624. The molecular weight excluding hydrogens is 206 g/mol. The lowest BCUT2D eigenvalue weighted by atomic mass is 9.93. The summed E-state index contributed by atoms with van der Waals surface area (Å²) in [6, 6.07) is 6.55. The predicted octanol–water partition coefficient (Wildman–Crippen LogP) is 5.29. The summed E-state index contributed by atoms with van der Waals surface area (Å²) in [4.78, 5) is 4.72. The summed E-state index contributed by atoms with van der Waals surface area (Å²) in [6.45, 7) is 13.2. The van der Waals surface area contributed by atoms with Crippen LogP contribution in [0.5, 0.6) is 0 Å². The van der Waals surface area contributed by atoms with Crippen LogP contribution in [0.2, 0.25) is 0 Å². The van der Waals surface area contributed by atoms with Crippen molar-refractivity contribution in [2.45, 2.75) is 53.4 Å². The third-order valence-corrected chi connectivity index (χ3v) is 2.84. The molecule has 1 rings (SSSR count). The van der Waals surface area contributed by atoms with Gasteiger partial charge >= 0.3 is 0 Å². The van der Waals surface area contributed by atoms with E-state index in [4.69, 9.17) is 4.99 Å². The van der Waals surface area contributed by atoms with Crippen LogP contribution in [0, 0.1) is 5.92 Å². The summed E-state index contributed by atoms with van der Waals surface area (Å²) in [7, 11) is 0. The van der Waals surface area contributed by atoms with Crippen molar-refractivity contribution >= 4 is 11.9 Å². The van der Waals surface area contributed by atoms with Gasteiger partial charge in [-0.05, 0) is 28.9 Å². The summed E-state index contributed by atoms with van der Waals surface area (Å²) in [6.07, 6.45) is 2.05. The zero-order chi connectivity index (χ0) is 13.0. The molecule has 0 amide bonds. The highest BCUT2D eigenvalue weighted by molar-refractivity contribution is 5.69. The average molecular weight is 231 g/mol. The first-order valence-electron chi connectivity index (χ1n) is 6.60. The normalized spacial score (nSPS) is 12.3. The predicted molar refractivity (Wildman–Crippen MR) is 77.6 cm³/mol. The van der Waals surface area contributed by atoms with Gasteiger partial charge in [-0.2, -0.15) is 0 Å². The molecule has 0 N–H and O–H groups in total. The lowest BCUT2D eigenvalue weighted by molar-refractivity contribution is 0.832. The molecule has 0 saturated carbocycles. The summed E-state index contributed by atoms with van der Waals surface area (Å²) < 4.78 is 0. The lowest BCUT2D eigenvalue weighted by Gasteiger charge is -2.16. The number of nitrogens with zero attached hydrogens (tertiary/aromatic N) is 1. The van der Waals surface area contributed by atoms with Crippen molar-refractivity contribution in [3.63, 3.8) is 0 Å². The van der Waals surface area contributed by atoms with Crippen molar-refractivity contribution in [1.29, 1.82) is 0 Å². The molecule has 0 fully saturated rings. The first-order chi connectivity index (χ1) is 7.93. The van der Waals surface area contributed by atoms with Gasteiger partial charge in [0.25, 0.3) is 0 Å². The number of hydrogen-bond acceptors (Lipinski definition) is 1. The number of benzene rings is 1. The molecule has 0 heterocycles. The Hall–Kier alpha value is -1.11. The van der Waals surface area contributed by atoms with Gasteiger partial charge < -0.3 is 0 Å². The zero-order valence-corrected chi connectivity index (χ0v) is 12.0. The Morgan fingerprint density at radius 2 is 1.35 bits per heavy atom. The van der Waals surface area contributed by atoms with Crippen molar-refractivity contribution < 1.29 is 0 Å². The monoisotopic (exact) mass is 231 g/mol. The molecule has 1 nitrogen and oxygen atoms in total. The topological polar surface area (TPSA) is 12.4 Å². The zero-order valence-electron chi connectivity index (χ0n) is 12.0. The molecule has 0 saturated heterocycles. The molecule has 0 aromatic heterocycles. The van der Waals surface area contributed by atoms with Crippen LogP contribution in [0.3, 0.4) is 0 Å². The Morgan fingerprint density at radius 3 is 1.71 bits per heavy atom. The number of para-hydroxylation sites is 1. The summed E-state index contributed by atoms with van der Waals surface area (Å²) in [5.74, 6) is 1.54. The first kappa shape index (κ1) is 14.0. The van der Waals surface area contributed by atoms with Crippen LogP contribution in [0.1, 0.15) is 64.5 Å². The van der Waals surface area contributed by atoms with Gasteiger partial charge in [-0.3, -0.25) is 4.99 Å². The maximum Gasteiger partial charge on any atom is 0.0694 e. The van der Waals surface area contributed by atoms with Crippen LogP contribution in [-0.4, -0.2) is 6.21 Å². The SMILES string of the molecule is CC(C)/C=N/c1c(C(C)C)cccc1C(C)C. The number of hydrogen-bond donors (Lipinski definition) is 0. The van der Waals surface area contributed by atoms with Crippen LogP contribution < -0.4 is 0 Å². The van der Waals surface area contributed by atoms with E-state index >= 15 is 0 Å². The average Bonchev–Trinajstić information content (AvgIpc) is 2.25. The Labute approximate surface area is 106 Å². The molecule has 0 aliphatic heterocycles. The molecule has 1 aromatic rings. The van der Waals surface area contributed by atoms with Crippen LogP contribution >= 0.6 is 0 Å². The van der Waals surface area contributed by atoms with Crippen LogP contribution in [0.15, 0.2) is 23.2 Å². The van der Waals surface area contributed by atoms with Gasteiger partial charge in [0.15, 0.2) is 0 Å². The molecule has 1 aromatic carbocycles. The van der Waals surface area contributed by atoms with Gasteiger partial charge in [-0.15, -0.1) is 0 Å². The molecular formula is C16H25N. The Kier molecular flexibility index (Phi) is 4.92. The fourth-order valence-corrected chi connectivity index (χ4v) is 1.88. The Morgan fingerprint density at radius 1 is 0.882 bits per heavy atom. The summed E-state index contributed by atoms with van der Waals surface area (Å²) in [5.41, 5.74) is 3.90. The summed E-state index contributed by atoms with van der Waals surface area (Å²) in [5, 5.41) is 0. The molecule has 1 heteroatoms. The van der Waals surface area contributed by atoms with Crippen LogP contribution in [0.4, 0.5) is 5.69 Å². The van der Waals surface area contributed by atoms with E-state index in [1.54, 1.807) is 0 Å². The molecule has 17 heavy (non-hydrogen) atoms. The van der Waals surface area contributed by atoms with E-state index in [9.17, 15) is 0 Å². The molecule has 0 radical (unpaired) electrons. The number of rotatable bonds is 4. The third-order valence-electron chi connectivity index (χ3n) is 2.84. The number of aliphatic imine (C=N–C) groups is 1. The Bertz CT molecular complexity index is 360. The standard InChI is InChI=1S/C16H25N/c1-11(2)10-17-16-14(12(3)4)8-7-9-15(16)13(5)6/h7-13H,1-6H3/b17-10+. The maximum atomic E-state index is 4.72. The second-order valence-electron chi connectivity index (χ2n) is 5.62. The van der Waals surface area contributed by atoms with E-state index in [-0.39, 0.29) is 0 Å². The van der Waals surface area contributed by atoms with E-state index in [0.29, 0.717) is 17.8 Å². The molecule has 0 aliphatic carbocycles. The molecule has 0 bridgehead atoms. The summed E-state index contributed by atoms with van der Waals surface area (Å²) >= 11 is 0. The van der Waals surface area contributed by atoms with E-state index in [2.05, 4.69) is 59.7 Å². The third kappa shape index (κ3) is 3.69. The van der Waals surface area contributed by atoms with E-state index in [1.165, 1.54) is 16.8 Å². The molecule has 0 unspecified atom stereocenters. The first-order valence-corrected chi connectivity index (χ1v) is 6.60. The van der Waals surface area contributed by atoms with Gasteiger partial charge in [-0.1, -0.05) is 59.7 Å². The second-order valence-corrected chi connectivity index (χ2v) is 5.62. The molecule has 0 spiro atoms.